The van der Waals surface area contributed by atoms with E-state index in [0.717, 1.165) is 12.5 Å². The molecule has 3 fully saturated rings. The molecule has 17 heavy (non-hydrogen) atoms. The minimum absolute atomic E-state index is 0.198. The quantitative estimate of drug-likeness (QED) is 0.738. The minimum Gasteiger partial charge on any atom is -0.354 e. The van der Waals surface area contributed by atoms with Crippen LogP contribution in [-0.2, 0) is 4.79 Å². The van der Waals surface area contributed by atoms with Crippen LogP contribution in [0.5, 0.6) is 0 Å². The summed E-state index contributed by atoms with van der Waals surface area (Å²) in [6.45, 7) is 1.45. The molecule has 0 aromatic heterocycles. The molecule has 0 aromatic rings. The van der Waals surface area contributed by atoms with Crippen LogP contribution in [0.3, 0.4) is 0 Å². The fraction of sp³-hybridized carbons (Fsp3) is 0.929. The van der Waals surface area contributed by atoms with Crippen molar-refractivity contribution in [2.75, 3.05) is 13.1 Å². The number of rotatable bonds is 6. The van der Waals surface area contributed by atoms with Crippen LogP contribution in [0.15, 0.2) is 0 Å². The molecule has 3 nitrogen and oxygen atoms in total. The monoisotopic (exact) mass is 236 g/mol. The lowest BCUT2D eigenvalue weighted by molar-refractivity contribution is -0.120. The standard InChI is InChI=1S/C14H24N2O/c17-13(9-15-12-3-1-2-4-12)16-10-14(7-8-14)11-5-6-11/h11-12,15H,1-10H2,(H,16,17). The molecule has 0 bridgehead atoms. The van der Waals surface area contributed by atoms with Gasteiger partial charge < -0.3 is 10.6 Å². The summed E-state index contributed by atoms with van der Waals surface area (Å²) in [5.74, 6) is 1.13. The second-order valence-electron chi connectivity index (χ2n) is 6.28. The van der Waals surface area contributed by atoms with Crippen molar-refractivity contribution in [3.05, 3.63) is 0 Å². The van der Waals surface area contributed by atoms with E-state index in [-0.39, 0.29) is 5.91 Å². The molecule has 0 radical (unpaired) electrons. The fourth-order valence-electron chi connectivity index (χ4n) is 3.29. The second-order valence-corrected chi connectivity index (χ2v) is 6.28. The van der Waals surface area contributed by atoms with Crippen molar-refractivity contribution in [3.8, 4) is 0 Å². The third-order valence-electron chi connectivity index (χ3n) is 4.88. The molecule has 1 amide bonds. The molecular formula is C14H24N2O. The van der Waals surface area contributed by atoms with E-state index in [0.29, 0.717) is 18.0 Å². The number of hydrogen-bond acceptors (Lipinski definition) is 2. The molecule has 3 heteroatoms. The van der Waals surface area contributed by atoms with E-state index in [2.05, 4.69) is 10.6 Å². The van der Waals surface area contributed by atoms with Gasteiger partial charge >= 0.3 is 0 Å². The number of carbonyl (C=O) groups excluding carboxylic acids is 1. The summed E-state index contributed by atoms with van der Waals surface area (Å²) in [7, 11) is 0. The zero-order chi connectivity index (χ0) is 11.7. The van der Waals surface area contributed by atoms with Gasteiger partial charge in [-0.25, -0.2) is 0 Å². The van der Waals surface area contributed by atoms with Crippen molar-refractivity contribution in [2.24, 2.45) is 11.3 Å². The summed E-state index contributed by atoms with van der Waals surface area (Å²) in [4.78, 5) is 11.7. The van der Waals surface area contributed by atoms with Gasteiger partial charge in [0.05, 0.1) is 6.54 Å². The number of hydrogen-bond donors (Lipinski definition) is 2. The lowest BCUT2D eigenvalue weighted by Gasteiger charge is -2.16. The Hall–Kier alpha value is -0.570. The number of nitrogens with one attached hydrogen (secondary N) is 2. The van der Waals surface area contributed by atoms with Crippen molar-refractivity contribution in [3.63, 3.8) is 0 Å². The molecule has 3 aliphatic carbocycles. The molecule has 96 valence electrons. The Balaban J connectivity index is 1.33. The van der Waals surface area contributed by atoms with Crippen molar-refractivity contribution in [2.45, 2.75) is 57.4 Å². The highest BCUT2D eigenvalue weighted by atomic mass is 16.1. The fourth-order valence-corrected chi connectivity index (χ4v) is 3.29. The molecule has 2 N–H and O–H groups in total. The normalized spacial score (nSPS) is 27.1. The predicted molar refractivity (Wildman–Crippen MR) is 67.7 cm³/mol. The molecule has 0 aromatic carbocycles. The van der Waals surface area contributed by atoms with Crippen LogP contribution in [0.4, 0.5) is 0 Å². The Morgan fingerprint density at radius 1 is 1.12 bits per heavy atom. The highest BCUT2D eigenvalue weighted by molar-refractivity contribution is 5.78. The van der Waals surface area contributed by atoms with Crippen LogP contribution in [0.2, 0.25) is 0 Å². The van der Waals surface area contributed by atoms with E-state index in [9.17, 15) is 4.79 Å². The summed E-state index contributed by atoms with van der Waals surface area (Å²) in [6, 6.07) is 0.596. The van der Waals surface area contributed by atoms with Gasteiger partial charge in [-0.05, 0) is 49.9 Å². The first kappa shape index (κ1) is 11.5. The molecule has 0 heterocycles. The molecule has 0 saturated heterocycles. The van der Waals surface area contributed by atoms with E-state index in [4.69, 9.17) is 0 Å². The van der Waals surface area contributed by atoms with Crippen molar-refractivity contribution in [1.29, 1.82) is 0 Å². The van der Waals surface area contributed by atoms with Gasteiger partial charge in [0.25, 0.3) is 0 Å². The maximum absolute atomic E-state index is 11.7. The third kappa shape index (κ3) is 2.82. The highest BCUT2D eigenvalue weighted by Crippen LogP contribution is 2.60. The summed E-state index contributed by atoms with van der Waals surface area (Å²) in [5.41, 5.74) is 0.531. The maximum atomic E-state index is 11.7. The van der Waals surface area contributed by atoms with Crippen molar-refractivity contribution >= 4 is 5.91 Å². The summed E-state index contributed by atoms with van der Waals surface area (Å²) >= 11 is 0. The predicted octanol–water partition coefficient (Wildman–Crippen LogP) is 1.82. The van der Waals surface area contributed by atoms with Gasteiger partial charge in [-0.15, -0.1) is 0 Å². The highest BCUT2D eigenvalue weighted by Gasteiger charge is 2.53. The third-order valence-corrected chi connectivity index (χ3v) is 4.88. The number of carbonyl (C=O) groups is 1. The Kier molecular flexibility index (Phi) is 3.12. The van der Waals surface area contributed by atoms with Gasteiger partial charge in [0.1, 0.15) is 0 Å². The van der Waals surface area contributed by atoms with E-state index in [1.807, 2.05) is 0 Å². The Bertz CT molecular complexity index is 289. The minimum atomic E-state index is 0.198. The molecule has 3 saturated carbocycles. The molecule has 3 aliphatic rings. The lowest BCUT2D eigenvalue weighted by Crippen LogP contribution is -2.40. The summed E-state index contributed by atoms with van der Waals surface area (Å²) in [5, 5.41) is 6.50. The molecule has 3 rings (SSSR count). The number of amides is 1. The van der Waals surface area contributed by atoms with Crippen LogP contribution in [0, 0.1) is 11.3 Å². The van der Waals surface area contributed by atoms with Crippen molar-refractivity contribution < 1.29 is 4.79 Å². The molecule has 0 spiro atoms. The zero-order valence-electron chi connectivity index (χ0n) is 10.6. The molecule has 0 aliphatic heterocycles. The van der Waals surface area contributed by atoms with Crippen molar-refractivity contribution in [1.82, 2.24) is 10.6 Å². The van der Waals surface area contributed by atoms with Crippen LogP contribution < -0.4 is 10.6 Å². The first-order valence-corrected chi connectivity index (χ1v) is 7.29. The van der Waals surface area contributed by atoms with E-state index >= 15 is 0 Å². The Labute approximate surface area is 104 Å². The summed E-state index contributed by atoms with van der Waals surface area (Å²) in [6.07, 6.45) is 10.6. The topological polar surface area (TPSA) is 41.1 Å². The van der Waals surface area contributed by atoms with Gasteiger partial charge in [0.2, 0.25) is 5.91 Å². The van der Waals surface area contributed by atoms with Gasteiger partial charge in [0.15, 0.2) is 0 Å². The van der Waals surface area contributed by atoms with Crippen LogP contribution in [0.25, 0.3) is 0 Å². The van der Waals surface area contributed by atoms with Gasteiger partial charge in [-0.2, -0.15) is 0 Å². The summed E-state index contributed by atoms with van der Waals surface area (Å²) < 4.78 is 0. The molecule has 0 atom stereocenters. The van der Waals surface area contributed by atoms with Crippen LogP contribution in [-0.4, -0.2) is 25.0 Å². The lowest BCUT2D eigenvalue weighted by atomic mass is 10.0. The SMILES string of the molecule is O=C(CNC1CCCC1)NCC1(C2CC2)CC1. The molecular weight excluding hydrogens is 212 g/mol. The average molecular weight is 236 g/mol. The van der Waals surface area contributed by atoms with E-state index in [1.54, 1.807) is 0 Å². The zero-order valence-corrected chi connectivity index (χ0v) is 10.6. The smallest absolute Gasteiger partial charge is 0.233 e. The first-order chi connectivity index (χ1) is 8.28. The first-order valence-electron chi connectivity index (χ1n) is 7.29. The van der Waals surface area contributed by atoms with Crippen LogP contribution >= 0.6 is 0 Å². The largest absolute Gasteiger partial charge is 0.354 e. The molecule has 0 unspecified atom stereocenters. The average Bonchev–Trinajstić information content (AvgIpc) is 3.23. The Morgan fingerprint density at radius 2 is 1.82 bits per heavy atom. The van der Waals surface area contributed by atoms with E-state index in [1.165, 1.54) is 51.4 Å². The van der Waals surface area contributed by atoms with Gasteiger partial charge in [0, 0.05) is 12.6 Å². The van der Waals surface area contributed by atoms with E-state index < -0.39 is 0 Å². The second kappa shape index (κ2) is 4.60. The van der Waals surface area contributed by atoms with Gasteiger partial charge in [-0.3, -0.25) is 4.79 Å². The van der Waals surface area contributed by atoms with Gasteiger partial charge in [-0.1, -0.05) is 12.8 Å². The maximum Gasteiger partial charge on any atom is 0.233 e. The van der Waals surface area contributed by atoms with Crippen LogP contribution in [0.1, 0.15) is 51.4 Å². The Morgan fingerprint density at radius 3 is 2.41 bits per heavy atom.